The topological polar surface area (TPSA) is 44.4 Å². The van der Waals surface area contributed by atoms with Crippen molar-refractivity contribution in [1.29, 1.82) is 0 Å². The van der Waals surface area contributed by atoms with Crippen molar-refractivity contribution in [3.8, 4) is 0 Å². The van der Waals surface area contributed by atoms with Crippen molar-refractivity contribution < 1.29 is 18.0 Å². The summed E-state index contributed by atoms with van der Waals surface area (Å²) in [6, 6.07) is 5.47. The molecule has 0 radical (unpaired) electrons. The molecule has 7 heteroatoms. The number of piperidine rings is 1. The first-order chi connectivity index (χ1) is 12.9. The maximum absolute atomic E-state index is 12.9. The SMILES string of the molecule is O=C(C1CC=CCC1)N1CCC2NNC(c3ccc(C(F)(F)F)cc3)C2C1. The van der Waals surface area contributed by atoms with Crippen molar-refractivity contribution in [2.75, 3.05) is 13.1 Å². The van der Waals surface area contributed by atoms with E-state index in [0.29, 0.717) is 6.54 Å². The van der Waals surface area contributed by atoms with E-state index < -0.39 is 11.7 Å². The minimum absolute atomic E-state index is 0.0680. The summed E-state index contributed by atoms with van der Waals surface area (Å²) in [5, 5.41) is 0. The number of benzene rings is 1. The molecule has 3 aliphatic rings. The van der Waals surface area contributed by atoms with Gasteiger partial charge in [-0.05, 0) is 43.4 Å². The number of halogens is 3. The van der Waals surface area contributed by atoms with Gasteiger partial charge < -0.3 is 4.90 Å². The van der Waals surface area contributed by atoms with Crippen molar-refractivity contribution in [2.45, 2.75) is 43.9 Å². The first kappa shape index (κ1) is 18.5. The Kier molecular flexibility index (Phi) is 4.99. The number of carbonyl (C=O) groups is 1. The van der Waals surface area contributed by atoms with Gasteiger partial charge in [0.1, 0.15) is 0 Å². The molecule has 2 N–H and O–H groups in total. The van der Waals surface area contributed by atoms with Gasteiger partial charge in [-0.1, -0.05) is 24.3 Å². The monoisotopic (exact) mass is 379 g/mol. The molecule has 0 spiro atoms. The molecule has 4 nitrogen and oxygen atoms in total. The summed E-state index contributed by atoms with van der Waals surface area (Å²) in [4.78, 5) is 14.8. The standard InChI is InChI=1S/C20H24F3N3O/c21-20(22,23)15-8-6-13(7-9-15)18-16-12-26(11-10-17(16)24-25-18)19(27)14-4-2-1-3-5-14/h1-2,6-9,14,16-18,24-25H,3-5,10-12H2. The third-order valence-electron chi connectivity index (χ3n) is 6.04. The zero-order chi connectivity index (χ0) is 19.0. The predicted octanol–water partition coefficient (Wildman–Crippen LogP) is 3.43. The largest absolute Gasteiger partial charge is 0.416 e. The van der Waals surface area contributed by atoms with E-state index in [-0.39, 0.29) is 29.8 Å². The Balaban J connectivity index is 1.47. The van der Waals surface area contributed by atoms with Gasteiger partial charge in [0.2, 0.25) is 5.91 Å². The summed E-state index contributed by atoms with van der Waals surface area (Å²) in [6.45, 7) is 1.37. The molecule has 0 bridgehead atoms. The van der Waals surface area contributed by atoms with E-state index in [0.717, 1.165) is 49.9 Å². The van der Waals surface area contributed by atoms with Crippen LogP contribution < -0.4 is 10.9 Å². The Hall–Kier alpha value is -1.86. The van der Waals surface area contributed by atoms with Gasteiger partial charge in [-0.2, -0.15) is 13.2 Å². The number of alkyl halides is 3. The quantitative estimate of drug-likeness (QED) is 0.774. The summed E-state index contributed by atoms with van der Waals surface area (Å²) in [6.07, 6.45) is 3.40. The molecular weight excluding hydrogens is 355 g/mol. The van der Waals surface area contributed by atoms with E-state index in [1.54, 1.807) is 0 Å². The van der Waals surface area contributed by atoms with Crippen LogP contribution in [0, 0.1) is 11.8 Å². The number of hydrogen-bond acceptors (Lipinski definition) is 3. The average molecular weight is 379 g/mol. The molecule has 4 atom stereocenters. The van der Waals surface area contributed by atoms with Crippen molar-refractivity contribution >= 4 is 5.91 Å². The second kappa shape index (κ2) is 7.28. The molecule has 146 valence electrons. The smallest absolute Gasteiger partial charge is 0.342 e. The van der Waals surface area contributed by atoms with E-state index in [2.05, 4.69) is 23.0 Å². The number of nitrogens with one attached hydrogen (secondary N) is 2. The third-order valence-corrected chi connectivity index (χ3v) is 6.04. The Bertz CT molecular complexity index is 716. The maximum atomic E-state index is 12.9. The molecule has 2 saturated heterocycles. The molecule has 1 aliphatic carbocycles. The van der Waals surface area contributed by atoms with Gasteiger partial charge in [0.05, 0.1) is 11.6 Å². The van der Waals surface area contributed by atoms with Crippen LogP contribution in [0.2, 0.25) is 0 Å². The first-order valence-corrected chi connectivity index (χ1v) is 9.55. The number of fused-ring (bicyclic) bond motifs is 1. The highest BCUT2D eigenvalue weighted by atomic mass is 19.4. The number of amides is 1. The maximum Gasteiger partial charge on any atom is 0.416 e. The minimum atomic E-state index is -4.33. The van der Waals surface area contributed by atoms with E-state index in [1.165, 1.54) is 12.1 Å². The fraction of sp³-hybridized carbons (Fsp3) is 0.550. The summed E-state index contributed by atoms with van der Waals surface area (Å²) in [5.74, 6) is 0.438. The fourth-order valence-corrected chi connectivity index (χ4v) is 4.49. The molecule has 1 aromatic rings. The van der Waals surface area contributed by atoms with Gasteiger partial charge in [0, 0.05) is 31.0 Å². The zero-order valence-corrected chi connectivity index (χ0v) is 15.0. The highest BCUT2D eigenvalue weighted by Gasteiger charge is 2.42. The van der Waals surface area contributed by atoms with Crippen LogP contribution in [0.4, 0.5) is 13.2 Å². The van der Waals surface area contributed by atoms with Gasteiger partial charge in [-0.3, -0.25) is 10.2 Å². The summed E-state index contributed by atoms with van der Waals surface area (Å²) >= 11 is 0. The Labute approximate surface area is 156 Å². The van der Waals surface area contributed by atoms with E-state index in [1.807, 2.05) is 4.90 Å². The lowest BCUT2D eigenvalue weighted by molar-refractivity contribution is -0.138. The summed E-state index contributed by atoms with van der Waals surface area (Å²) < 4.78 is 38.4. The molecular formula is C20H24F3N3O. The van der Waals surface area contributed by atoms with Crippen LogP contribution in [0.15, 0.2) is 36.4 Å². The normalized spacial score (nSPS) is 31.0. The molecule has 4 unspecified atom stereocenters. The van der Waals surface area contributed by atoms with Crippen LogP contribution in [0.5, 0.6) is 0 Å². The second-order valence-electron chi connectivity index (χ2n) is 7.71. The number of nitrogens with zero attached hydrogens (tertiary/aromatic N) is 1. The summed E-state index contributed by atoms with van der Waals surface area (Å²) in [5.41, 5.74) is 6.68. The third kappa shape index (κ3) is 3.75. The number of hydrogen-bond donors (Lipinski definition) is 2. The van der Waals surface area contributed by atoms with Gasteiger partial charge in [0.15, 0.2) is 0 Å². The highest BCUT2D eigenvalue weighted by molar-refractivity contribution is 5.79. The molecule has 2 fully saturated rings. The van der Waals surface area contributed by atoms with Crippen molar-refractivity contribution in [3.05, 3.63) is 47.5 Å². The van der Waals surface area contributed by atoms with E-state index >= 15 is 0 Å². The van der Waals surface area contributed by atoms with Gasteiger partial charge >= 0.3 is 6.18 Å². The lowest BCUT2D eigenvalue weighted by atomic mass is 9.84. The lowest BCUT2D eigenvalue weighted by Gasteiger charge is -2.38. The fourth-order valence-electron chi connectivity index (χ4n) is 4.49. The molecule has 1 amide bonds. The average Bonchev–Trinajstić information content (AvgIpc) is 3.10. The number of carbonyl (C=O) groups excluding carboxylic acids is 1. The number of hydrazine groups is 1. The zero-order valence-electron chi connectivity index (χ0n) is 15.0. The molecule has 4 rings (SSSR count). The van der Waals surface area contributed by atoms with Crippen LogP contribution in [0.25, 0.3) is 0 Å². The second-order valence-corrected chi connectivity index (χ2v) is 7.71. The number of rotatable bonds is 2. The van der Waals surface area contributed by atoms with Crippen molar-refractivity contribution in [3.63, 3.8) is 0 Å². The minimum Gasteiger partial charge on any atom is -0.342 e. The Morgan fingerprint density at radius 2 is 1.85 bits per heavy atom. The summed E-state index contributed by atoms with van der Waals surface area (Å²) in [7, 11) is 0. The lowest BCUT2D eigenvalue weighted by Crippen LogP contribution is -2.49. The Morgan fingerprint density at radius 3 is 2.52 bits per heavy atom. The van der Waals surface area contributed by atoms with Crippen LogP contribution in [0.1, 0.15) is 42.9 Å². The Morgan fingerprint density at radius 1 is 1.07 bits per heavy atom. The van der Waals surface area contributed by atoms with Crippen LogP contribution >= 0.6 is 0 Å². The first-order valence-electron chi connectivity index (χ1n) is 9.55. The van der Waals surface area contributed by atoms with Crippen LogP contribution in [0.3, 0.4) is 0 Å². The highest BCUT2D eigenvalue weighted by Crippen LogP contribution is 2.36. The van der Waals surface area contributed by atoms with E-state index in [9.17, 15) is 18.0 Å². The van der Waals surface area contributed by atoms with Crippen LogP contribution in [-0.4, -0.2) is 29.9 Å². The van der Waals surface area contributed by atoms with Crippen LogP contribution in [-0.2, 0) is 11.0 Å². The molecule has 2 aliphatic heterocycles. The molecule has 2 heterocycles. The van der Waals surface area contributed by atoms with Crippen molar-refractivity contribution in [2.24, 2.45) is 11.8 Å². The molecule has 27 heavy (non-hydrogen) atoms. The molecule has 1 aromatic carbocycles. The molecule has 0 saturated carbocycles. The number of allylic oxidation sites excluding steroid dienone is 2. The van der Waals surface area contributed by atoms with E-state index in [4.69, 9.17) is 0 Å². The van der Waals surface area contributed by atoms with Gasteiger partial charge in [0.25, 0.3) is 0 Å². The van der Waals surface area contributed by atoms with Gasteiger partial charge in [-0.15, -0.1) is 0 Å². The van der Waals surface area contributed by atoms with Crippen molar-refractivity contribution in [1.82, 2.24) is 15.8 Å². The van der Waals surface area contributed by atoms with Gasteiger partial charge in [-0.25, -0.2) is 5.43 Å². The predicted molar refractivity (Wildman–Crippen MR) is 95.4 cm³/mol. The number of likely N-dealkylation sites (tertiary alicyclic amines) is 1. The molecule has 0 aromatic heterocycles.